The van der Waals surface area contributed by atoms with E-state index >= 15 is 0 Å². The fraction of sp³-hybridized carbons (Fsp3) is 0.188. The summed E-state index contributed by atoms with van der Waals surface area (Å²) in [5.74, 6) is 1.32. The first-order valence-corrected chi connectivity index (χ1v) is 6.63. The largest absolute Gasteiger partial charge is 0.493 e. The van der Waals surface area contributed by atoms with Crippen LogP contribution in [0.15, 0.2) is 42.7 Å². The molecule has 1 aromatic carbocycles. The molecule has 3 aromatic rings. The van der Waals surface area contributed by atoms with E-state index in [9.17, 15) is 0 Å². The highest BCUT2D eigenvalue weighted by Crippen LogP contribution is 2.31. The van der Waals surface area contributed by atoms with Gasteiger partial charge in [-0.3, -0.25) is 4.98 Å². The molecular formula is C16H17N3O2. The molecule has 0 aliphatic carbocycles. The smallest absolute Gasteiger partial charge is 0.184 e. The lowest BCUT2D eigenvalue weighted by atomic mass is 10.2. The van der Waals surface area contributed by atoms with Crippen molar-refractivity contribution in [2.45, 2.75) is 6.54 Å². The van der Waals surface area contributed by atoms with Crippen molar-refractivity contribution in [2.75, 3.05) is 20.0 Å². The Morgan fingerprint density at radius 1 is 1.14 bits per heavy atom. The van der Waals surface area contributed by atoms with Crippen molar-refractivity contribution >= 4 is 16.6 Å². The van der Waals surface area contributed by atoms with E-state index in [2.05, 4.69) is 9.55 Å². The number of aromatic nitrogens is 2. The number of rotatable bonds is 4. The summed E-state index contributed by atoms with van der Waals surface area (Å²) in [5.41, 5.74) is 8.64. The zero-order chi connectivity index (χ0) is 14.8. The molecule has 0 aliphatic heterocycles. The van der Waals surface area contributed by atoms with Gasteiger partial charge in [0.2, 0.25) is 0 Å². The van der Waals surface area contributed by atoms with Crippen molar-refractivity contribution in [3.63, 3.8) is 0 Å². The maximum Gasteiger partial charge on any atom is 0.184 e. The Morgan fingerprint density at radius 2 is 2.00 bits per heavy atom. The number of hydrogen-bond donors (Lipinski definition) is 1. The van der Waals surface area contributed by atoms with Crippen LogP contribution in [0.5, 0.6) is 11.5 Å². The summed E-state index contributed by atoms with van der Waals surface area (Å²) in [6.45, 7) is 0.568. The molecule has 3 rings (SSSR count). The molecule has 0 unspecified atom stereocenters. The molecule has 2 heterocycles. The van der Waals surface area contributed by atoms with Crippen molar-refractivity contribution in [1.82, 2.24) is 9.55 Å². The Morgan fingerprint density at radius 3 is 2.76 bits per heavy atom. The Hall–Kier alpha value is -2.69. The molecule has 0 radical (unpaired) electrons. The third-order valence-electron chi connectivity index (χ3n) is 3.51. The average Bonchev–Trinajstić information content (AvgIpc) is 2.91. The van der Waals surface area contributed by atoms with Crippen LogP contribution in [-0.2, 0) is 6.54 Å². The molecule has 0 saturated heterocycles. The van der Waals surface area contributed by atoms with Gasteiger partial charge >= 0.3 is 0 Å². The molecule has 0 aliphatic rings. The van der Waals surface area contributed by atoms with Crippen LogP contribution in [0.4, 0.5) is 5.69 Å². The normalized spacial score (nSPS) is 10.8. The van der Waals surface area contributed by atoms with E-state index in [4.69, 9.17) is 15.2 Å². The lowest BCUT2D eigenvalue weighted by Crippen LogP contribution is -2.05. The van der Waals surface area contributed by atoms with Crippen LogP contribution < -0.4 is 15.2 Å². The quantitative estimate of drug-likeness (QED) is 0.748. The number of ether oxygens (including phenoxy) is 2. The maximum atomic E-state index is 6.08. The van der Waals surface area contributed by atoms with Gasteiger partial charge in [0, 0.05) is 23.8 Å². The first-order valence-electron chi connectivity index (χ1n) is 6.63. The maximum absolute atomic E-state index is 6.08. The first-order chi connectivity index (χ1) is 10.2. The standard InChI is InChI=1S/C16H17N3O2/c1-20-14-6-8-18-13(16(14)21-2)10-19-9-7-11-4-3-5-12(17)15(11)19/h3-9H,10,17H2,1-2H3. The molecule has 5 nitrogen and oxygen atoms in total. The number of methoxy groups -OCH3 is 2. The Balaban J connectivity index is 2.07. The zero-order valence-corrected chi connectivity index (χ0v) is 12.0. The van der Waals surface area contributed by atoms with Crippen molar-refractivity contribution in [1.29, 1.82) is 0 Å². The number of hydrogen-bond acceptors (Lipinski definition) is 4. The van der Waals surface area contributed by atoms with Crippen molar-refractivity contribution in [3.05, 3.63) is 48.4 Å². The third-order valence-corrected chi connectivity index (χ3v) is 3.51. The fourth-order valence-corrected chi connectivity index (χ4v) is 2.55. The number of nitrogens with zero attached hydrogens (tertiary/aromatic N) is 2. The minimum atomic E-state index is 0.568. The second-order valence-corrected chi connectivity index (χ2v) is 4.72. The van der Waals surface area contributed by atoms with Crippen LogP contribution in [0.2, 0.25) is 0 Å². The molecule has 0 bridgehead atoms. The molecule has 0 atom stereocenters. The van der Waals surface area contributed by atoms with E-state index < -0.39 is 0 Å². The van der Waals surface area contributed by atoms with E-state index in [1.807, 2.05) is 30.5 Å². The molecule has 21 heavy (non-hydrogen) atoms. The molecule has 2 N–H and O–H groups in total. The van der Waals surface area contributed by atoms with Gasteiger partial charge in [-0.1, -0.05) is 12.1 Å². The van der Waals surface area contributed by atoms with Gasteiger partial charge in [-0.2, -0.15) is 0 Å². The summed E-state index contributed by atoms with van der Waals surface area (Å²) in [4.78, 5) is 4.40. The number of anilines is 1. The molecule has 5 heteroatoms. The molecule has 0 saturated carbocycles. The highest BCUT2D eigenvalue weighted by molar-refractivity contribution is 5.90. The number of nitrogens with two attached hydrogens (primary N) is 1. The predicted octanol–water partition coefficient (Wildman–Crippen LogP) is 2.68. The van der Waals surface area contributed by atoms with Gasteiger partial charge in [-0.05, 0) is 12.1 Å². The van der Waals surface area contributed by atoms with Gasteiger partial charge in [0.15, 0.2) is 11.5 Å². The van der Waals surface area contributed by atoms with Crippen LogP contribution in [0.1, 0.15) is 5.69 Å². The van der Waals surface area contributed by atoms with Gasteiger partial charge < -0.3 is 19.8 Å². The zero-order valence-electron chi connectivity index (χ0n) is 12.0. The minimum absolute atomic E-state index is 0.568. The number of para-hydroxylation sites is 1. The topological polar surface area (TPSA) is 62.3 Å². The number of fused-ring (bicyclic) bond motifs is 1. The predicted molar refractivity (Wildman–Crippen MR) is 82.8 cm³/mol. The van der Waals surface area contributed by atoms with Crippen LogP contribution in [0, 0.1) is 0 Å². The number of nitrogen functional groups attached to an aromatic ring is 1. The Labute approximate surface area is 122 Å². The van der Waals surface area contributed by atoms with Crippen molar-refractivity contribution in [3.8, 4) is 11.5 Å². The second kappa shape index (κ2) is 5.36. The van der Waals surface area contributed by atoms with Gasteiger partial charge in [0.05, 0.1) is 32.0 Å². The SMILES string of the molecule is COc1ccnc(Cn2ccc3cccc(N)c32)c1OC. The molecule has 0 amide bonds. The van der Waals surface area contributed by atoms with Gasteiger partial charge in [-0.25, -0.2) is 0 Å². The van der Waals surface area contributed by atoms with Crippen molar-refractivity contribution in [2.24, 2.45) is 0 Å². The molecule has 108 valence electrons. The van der Waals surface area contributed by atoms with Crippen LogP contribution in [-0.4, -0.2) is 23.8 Å². The van der Waals surface area contributed by atoms with E-state index in [0.717, 1.165) is 22.3 Å². The molecular weight excluding hydrogens is 266 g/mol. The lowest BCUT2D eigenvalue weighted by molar-refractivity contribution is 0.348. The summed E-state index contributed by atoms with van der Waals surface area (Å²) in [5, 5.41) is 1.11. The molecule has 2 aromatic heterocycles. The Kier molecular flexibility index (Phi) is 3.39. The number of pyridine rings is 1. The van der Waals surface area contributed by atoms with Crippen LogP contribution in [0.25, 0.3) is 10.9 Å². The minimum Gasteiger partial charge on any atom is -0.493 e. The highest BCUT2D eigenvalue weighted by Gasteiger charge is 2.13. The summed E-state index contributed by atoms with van der Waals surface area (Å²) < 4.78 is 12.8. The lowest BCUT2D eigenvalue weighted by Gasteiger charge is -2.13. The van der Waals surface area contributed by atoms with Crippen LogP contribution >= 0.6 is 0 Å². The van der Waals surface area contributed by atoms with Gasteiger partial charge in [-0.15, -0.1) is 0 Å². The second-order valence-electron chi connectivity index (χ2n) is 4.72. The molecule has 0 spiro atoms. The number of benzene rings is 1. The summed E-state index contributed by atoms with van der Waals surface area (Å²) in [7, 11) is 3.23. The van der Waals surface area contributed by atoms with Crippen LogP contribution in [0.3, 0.4) is 0 Å². The first kappa shape index (κ1) is 13.3. The van der Waals surface area contributed by atoms with Crippen molar-refractivity contribution < 1.29 is 9.47 Å². The van der Waals surface area contributed by atoms with E-state index in [-0.39, 0.29) is 0 Å². The fourth-order valence-electron chi connectivity index (χ4n) is 2.55. The summed E-state index contributed by atoms with van der Waals surface area (Å²) >= 11 is 0. The monoisotopic (exact) mass is 283 g/mol. The van der Waals surface area contributed by atoms with E-state index in [1.165, 1.54) is 0 Å². The summed E-state index contributed by atoms with van der Waals surface area (Å²) in [6, 6.07) is 9.71. The van der Waals surface area contributed by atoms with E-state index in [1.54, 1.807) is 26.5 Å². The van der Waals surface area contributed by atoms with Gasteiger partial charge in [0.1, 0.15) is 5.69 Å². The summed E-state index contributed by atoms with van der Waals surface area (Å²) in [6.07, 6.45) is 3.72. The molecule has 0 fully saturated rings. The van der Waals surface area contributed by atoms with E-state index in [0.29, 0.717) is 18.0 Å². The third kappa shape index (κ3) is 2.27. The highest BCUT2D eigenvalue weighted by atomic mass is 16.5. The average molecular weight is 283 g/mol. The Bertz CT molecular complexity index is 780. The van der Waals surface area contributed by atoms with Gasteiger partial charge in [0.25, 0.3) is 0 Å².